The van der Waals surface area contributed by atoms with Gasteiger partial charge >= 0.3 is 6.18 Å². The van der Waals surface area contributed by atoms with Crippen molar-refractivity contribution < 1.29 is 18.3 Å². The van der Waals surface area contributed by atoms with Gasteiger partial charge in [-0.2, -0.15) is 23.4 Å². The molecule has 0 spiro atoms. The summed E-state index contributed by atoms with van der Waals surface area (Å²) in [5.74, 6) is 0. The van der Waals surface area contributed by atoms with E-state index in [0.29, 0.717) is 0 Å². The molecule has 2 heterocycles. The quantitative estimate of drug-likeness (QED) is 0.762. The summed E-state index contributed by atoms with van der Waals surface area (Å²) in [7, 11) is 0. The molecule has 0 amide bonds. The van der Waals surface area contributed by atoms with Gasteiger partial charge in [0.2, 0.25) is 0 Å². The van der Waals surface area contributed by atoms with E-state index in [1.54, 1.807) is 0 Å². The van der Waals surface area contributed by atoms with Crippen molar-refractivity contribution in [2.75, 3.05) is 0 Å². The van der Waals surface area contributed by atoms with Gasteiger partial charge in [-0.05, 0) is 11.6 Å². The van der Waals surface area contributed by atoms with Crippen molar-refractivity contribution in [3.05, 3.63) is 60.7 Å². The highest BCUT2D eigenvalue weighted by Gasteiger charge is 2.41. The van der Waals surface area contributed by atoms with Crippen molar-refractivity contribution in [1.29, 1.82) is 0 Å². The van der Waals surface area contributed by atoms with Crippen LogP contribution in [-0.4, -0.2) is 34.6 Å². The molecule has 126 valence electrons. The van der Waals surface area contributed by atoms with Crippen LogP contribution in [0.1, 0.15) is 11.1 Å². The molecule has 0 fully saturated rings. The third-order valence-corrected chi connectivity index (χ3v) is 3.51. The molecule has 3 aromatic rings. The third-order valence-electron chi connectivity index (χ3n) is 3.51. The summed E-state index contributed by atoms with van der Waals surface area (Å²) in [6, 6.07) is 4.90. The summed E-state index contributed by atoms with van der Waals surface area (Å²) in [5, 5.41) is 18.8. The summed E-state index contributed by atoms with van der Waals surface area (Å²) in [6.45, 7) is -0.445. The van der Waals surface area contributed by atoms with Crippen LogP contribution < -0.4 is 0 Å². The lowest BCUT2D eigenvalue weighted by Gasteiger charge is -2.30. The van der Waals surface area contributed by atoms with E-state index >= 15 is 0 Å². The van der Waals surface area contributed by atoms with Gasteiger partial charge in [0.25, 0.3) is 0 Å². The van der Waals surface area contributed by atoms with Crippen LogP contribution in [0.25, 0.3) is 0 Å². The zero-order chi connectivity index (χ0) is 17.2. The Morgan fingerprint density at radius 2 is 1.38 bits per heavy atom. The normalized spacial score (nSPS) is 12.5. The first kappa shape index (κ1) is 16.1. The minimum atomic E-state index is -4.60. The van der Waals surface area contributed by atoms with Gasteiger partial charge in [0, 0.05) is 0 Å². The Morgan fingerprint density at radius 3 is 1.79 bits per heavy atom. The smallest absolute Gasteiger partial charge is 0.381 e. The number of halogens is 3. The van der Waals surface area contributed by atoms with Crippen LogP contribution in [0.5, 0.6) is 0 Å². The minimum absolute atomic E-state index is 0.222. The van der Waals surface area contributed by atoms with Crippen LogP contribution in [0.3, 0.4) is 0 Å². The van der Waals surface area contributed by atoms with Crippen LogP contribution in [0, 0.1) is 0 Å². The van der Waals surface area contributed by atoms with Gasteiger partial charge in [0.05, 0.1) is 18.7 Å². The number of aliphatic hydroxyl groups is 1. The molecule has 0 saturated heterocycles. The Morgan fingerprint density at radius 1 is 0.875 bits per heavy atom. The molecule has 0 unspecified atom stereocenters. The lowest BCUT2D eigenvalue weighted by molar-refractivity contribution is -0.141. The van der Waals surface area contributed by atoms with Crippen LogP contribution in [0.4, 0.5) is 13.2 Å². The number of hydrogen-bond acceptors (Lipinski definition) is 5. The van der Waals surface area contributed by atoms with Gasteiger partial charge in [-0.25, -0.2) is 19.3 Å². The van der Waals surface area contributed by atoms with E-state index in [1.807, 2.05) is 0 Å². The fourth-order valence-corrected chi connectivity index (χ4v) is 2.52. The highest BCUT2D eigenvalue weighted by Crippen LogP contribution is 2.38. The molecule has 7 nitrogen and oxygen atoms in total. The zero-order valence-corrected chi connectivity index (χ0v) is 12.3. The molecular weight excluding hydrogens is 325 g/mol. The summed E-state index contributed by atoms with van der Waals surface area (Å²) in [5.41, 5.74) is -3.08. The molecule has 24 heavy (non-hydrogen) atoms. The molecule has 0 bridgehead atoms. The number of nitrogens with zero attached hydrogens (tertiary/aromatic N) is 6. The number of benzene rings is 1. The van der Waals surface area contributed by atoms with E-state index in [-0.39, 0.29) is 18.7 Å². The van der Waals surface area contributed by atoms with Crippen molar-refractivity contribution in [2.45, 2.75) is 24.9 Å². The monoisotopic (exact) mass is 338 g/mol. The number of hydrogen-bond donors (Lipinski definition) is 1. The topological polar surface area (TPSA) is 81.6 Å². The number of aromatic nitrogens is 6. The molecule has 2 aromatic heterocycles. The summed E-state index contributed by atoms with van der Waals surface area (Å²) < 4.78 is 42.6. The minimum Gasteiger partial charge on any atom is -0.381 e. The van der Waals surface area contributed by atoms with Crippen molar-refractivity contribution >= 4 is 0 Å². The average Bonchev–Trinajstić information content (AvgIpc) is 3.20. The molecule has 0 radical (unpaired) electrons. The lowest BCUT2D eigenvalue weighted by atomic mass is 9.89. The molecule has 0 atom stereocenters. The van der Waals surface area contributed by atoms with Crippen molar-refractivity contribution in [2.24, 2.45) is 0 Å². The Balaban J connectivity index is 2.08. The molecule has 3 rings (SSSR count). The van der Waals surface area contributed by atoms with Gasteiger partial charge in [-0.15, -0.1) is 0 Å². The lowest BCUT2D eigenvalue weighted by Crippen LogP contribution is -2.38. The van der Waals surface area contributed by atoms with E-state index in [0.717, 1.165) is 6.07 Å². The predicted octanol–water partition coefficient (Wildman–Crippen LogP) is 1.48. The Bertz CT molecular complexity index is 749. The fraction of sp³-hybridized carbons (Fsp3) is 0.286. The summed E-state index contributed by atoms with van der Waals surface area (Å²) in [6.07, 6.45) is 0.525. The first-order chi connectivity index (χ1) is 11.4. The number of rotatable bonds is 5. The van der Waals surface area contributed by atoms with Crippen LogP contribution in [0.2, 0.25) is 0 Å². The molecule has 0 saturated carbocycles. The maximum atomic E-state index is 13.4. The maximum Gasteiger partial charge on any atom is 0.416 e. The highest BCUT2D eigenvalue weighted by molar-refractivity contribution is 5.34. The van der Waals surface area contributed by atoms with Gasteiger partial charge in [0.15, 0.2) is 0 Å². The first-order valence-corrected chi connectivity index (χ1v) is 6.92. The van der Waals surface area contributed by atoms with E-state index in [2.05, 4.69) is 20.2 Å². The highest BCUT2D eigenvalue weighted by atomic mass is 19.4. The molecule has 0 aliphatic carbocycles. The van der Waals surface area contributed by atoms with Gasteiger partial charge < -0.3 is 5.11 Å². The van der Waals surface area contributed by atoms with Crippen molar-refractivity contribution in [3.8, 4) is 0 Å². The summed E-state index contributed by atoms with van der Waals surface area (Å²) in [4.78, 5) is 7.50. The summed E-state index contributed by atoms with van der Waals surface area (Å²) >= 11 is 0. The molecule has 1 aromatic carbocycles. The predicted molar refractivity (Wildman–Crippen MR) is 75.4 cm³/mol. The number of alkyl halides is 3. The second-order valence-electron chi connectivity index (χ2n) is 5.26. The van der Waals surface area contributed by atoms with Crippen LogP contribution >= 0.6 is 0 Å². The third kappa shape index (κ3) is 3.27. The van der Waals surface area contributed by atoms with Gasteiger partial charge in [-0.1, -0.05) is 18.2 Å². The molecule has 10 heteroatoms. The van der Waals surface area contributed by atoms with Crippen molar-refractivity contribution in [1.82, 2.24) is 29.5 Å². The Labute approximate surface area is 134 Å². The van der Waals surface area contributed by atoms with E-state index in [4.69, 9.17) is 0 Å². The molecule has 1 N–H and O–H groups in total. The van der Waals surface area contributed by atoms with E-state index in [1.165, 1.54) is 52.9 Å². The molecule has 0 aliphatic rings. The largest absolute Gasteiger partial charge is 0.416 e. The second-order valence-corrected chi connectivity index (χ2v) is 5.26. The second kappa shape index (κ2) is 6.04. The Kier molecular flexibility index (Phi) is 4.06. The first-order valence-electron chi connectivity index (χ1n) is 6.92. The van der Waals surface area contributed by atoms with Crippen LogP contribution in [0.15, 0.2) is 49.6 Å². The van der Waals surface area contributed by atoms with Gasteiger partial charge in [0.1, 0.15) is 30.9 Å². The van der Waals surface area contributed by atoms with E-state index in [9.17, 15) is 18.3 Å². The van der Waals surface area contributed by atoms with Crippen LogP contribution in [-0.2, 0) is 24.9 Å². The SMILES string of the molecule is OC(Cn1cncn1)(Cn1cncn1)c1ccccc1C(F)(F)F. The van der Waals surface area contributed by atoms with Gasteiger partial charge in [-0.3, -0.25) is 0 Å². The van der Waals surface area contributed by atoms with E-state index < -0.39 is 17.3 Å². The maximum absolute atomic E-state index is 13.4. The standard InChI is InChI=1S/C14H13F3N6O/c15-14(16,17)12-4-2-1-3-11(12)13(24,5-22-9-18-7-20-22)6-23-10-19-8-21-23/h1-4,7-10,24H,5-6H2. The zero-order valence-electron chi connectivity index (χ0n) is 12.3. The molecular formula is C14H13F3N6O. The average molecular weight is 338 g/mol. The van der Waals surface area contributed by atoms with Crippen molar-refractivity contribution in [3.63, 3.8) is 0 Å². The Hall–Kier alpha value is -2.75. The molecule has 0 aliphatic heterocycles. The fourth-order valence-electron chi connectivity index (χ4n) is 2.52.